The van der Waals surface area contributed by atoms with Gasteiger partial charge in [0, 0.05) is 11.9 Å². The molecule has 9 nitrogen and oxygen atoms in total. The fourth-order valence-corrected chi connectivity index (χ4v) is 3.96. The third-order valence-electron chi connectivity index (χ3n) is 5.73. The van der Waals surface area contributed by atoms with E-state index in [1.54, 1.807) is 30.3 Å². The highest BCUT2D eigenvalue weighted by Crippen LogP contribution is 2.32. The van der Waals surface area contributed by atoms with Gasteiger partial charge in [0.15, 0.2) is 17.0 Å². The zero-order valence-corrected chi connectivity index (χ0v) is 18.7. The predicted molar refractivity (Wildman–Crippen MR) is 126 cm³/mol. The van der Waals surface area contributed by atoms with E-state index in [0.717, 1.165) is 15.7 Å². The van der Waals surface area contributed by atoms with Gasteiger partial charge in [0.1, 0.15) is 6.54 Å². The van der Waals surface area contributed by atoms with E-state index in [-0.39, 0.29) is 31.3 Å². The van der Waals surface area contributed by atoms with E-state index in [4.69, 9.17) is 9.47 Å². The van der Waals surface area contributed by atoms with Crippen LogP contribution in [0.2, 0.25) is 0 Å². The number of amides is 1. The molecular formula is C25H22N4O5. The molecule has 9 heteroatoms. The summed E-state index contributed by atoms with van der Waals surface area (Å²) >= 11 is 0. The Labute approximate surface area is 194 Å². The summed E-state index contributed by atoms with van der Waals surface area (Å²) in [6.07, 6.45) is 1.49. The first kappa shape index (κ1) is 21.4. The molecule has 2 aromatic carbocycles. The number of hydrogen-bond acceptors (Lipinski definition) is 6. The molecule has 0 spiro atoms. The number of pyridine rings is 1. The Bertz CT molecular complexity index is 1550. The van der Waals surface area contributed by atoms with Crippen molar-refractivity contribution in [1.82, 2.24) is 14.1 Å². The molecule has 0 fully saturated rings. The van der Waals surface area contributed by atoms with Crippen LogP contribution < -0.4 is 26.0 Å². The molecule has 5 rings (SSSR count). The number of nitrogens with one attached hydrogen (secondary N) is 1. The summed E-state index contributed by atoms with van der Waals surface area (Å²) in [5, 5.41) is 2.87. The lowest BCUT2D eigenvalue weighted by Gasteiger charge is -2.15. The van der Waals surface area contributed by atoms with Crippen molar-refractivity contribution in [1.29, 1.82) is 0 Å². The normalized spacial score (nSPS) is 12.2. The Morgan fingerprint density at radius 2 is 1.85 bits per heavy atom. The first-order valence-electron chi connectivity index (χ1n) is 10.7. The monoisotopic (exact) mass is 458 g/mol. The van der Waals surface area contributed by atoms with E-state index in [0.29, 0.717) is 28.3 Å². The van der Waals surface area contributed by atoms with Gasteiger partial charge in [-0.25, -0.2) is 9.78 Å². The number of aryl methyl sites for hydroxylation is 2. The second-order valence-electron chi connectivity index (χ2n) is 8.19. The summed E-state index contributed by atoms with van der Waals surface area (Å²) in [5.41, 5.74) is 2.57. The van der Waals surface area contributed by atoms with Crippen LogP contribution >= 0.6 is 0 Å². The zero-order valence-electron chi connectivity index (χ0n) is 18.7. The minimum Gasteiger partial charge on any atom is -0.454 e. The molecule has 1 amide bonds. The van der Waals surface area contributed by atoms with Gasteiger partial charge in [-0.3, -0.25) is 18.7 Å². The van der Waals surface area contributed by atoms with Crippen molar-refractivity contribution in [3.05, 3.63) is 92.3 Å². The van der Waals surface area contributed by atoms with Crippen molar-refractivity contribution >= 4 is 22.6 Å². The highest BCUT2D eigenvalue weighted by atomic mass is 16.7. The smallest absolute Gasteiger partial charge is 0.332 e. The SMILES string of the molecule is Cc1ccc(C)c(NC(=O)Cn2c(=O)n(Cc3ccc4c(c3)OCO4)c(=O)c3ncccc32)c1. The maximum atomic E-state index is 13.4. The number of carbonyl (C=O) groups excluding carboxylic acids is 1. The number of fused-ring (bicyclic) bond motifs is 2. The lowest BCUT2D eigenvalue weighted by atomic mass is 10.1. The molecule has 1 N–H and O–H groups in total. The summed E-state index contributed by atoms with van der Waals surface area (Å²) in [4.78, 5) is 43.6. The fraction of sp³-hybridized carbons (Fsp3) is 0.200. The van der Waals surface area contributed by atoms with Gasteiger partial charge < -0.3 is 14.8 Å². The van der Waals surface area contributed by atoms with Crippen LogP contribution in [-0.4, -0.2) is 26.8 Å². The Kier molecular flexibility index (Phi) is 5.37. The van der Waals surface area contributed by atoms with Crippen LogP contribution in [0.25, 0.3) is 11.0 Å². The number of carbonyl (C=O) groups is 1. The molecule has 0 saturated heterocycles. The zero-order chi connectivity index (χ0) is 23.8. The highest BCUT2D eigenvalue weighted by Gasteiger charge is 2.19. The van der Waals surface area contributed by atoms with Gasteiger partial charge >= 0.3 is 5.69 Å². The minimum atomic E-state index is -0.598. The van der Waals surface area contributed by atoms with Gasteiger partial charge in [-0.15, -0.1) is 0 Å². The molecule has 172 valence electrons. The number of hydrogen-bond donors (Lipinski definition) is 1. The summed E-state index contributed by atoms with van der Waals surface area (Å²) in [6.45, 7) is 3.69. The molecule has 1 aliphatic rings. The average molecular weight is 458 g/mol. The molecule has 4 aromatic rings. The Hall–Kier alpha value is -4.40. The quantitative estimate of drug-likeness (QED) is 0.493. The molecule has 0 saturated carbocycles. The lowest BCUT2D eigenvalue weighted by Crippen LogP contribution is -2.42. The van der Waals surface area contributed by atoms with Gasteiger partial charge in [-0.2, -0.15) is 0 Å². The van der Waals surface area contributed by atoms with Crippen molar-refractivity contribution < 1.29 is 14.3 Å². The van der Waals surface area contributed by atoms with E-state index in [1.807, 2.05) is 32.0 Å². The van der Waals surface area contributed by atoms with Crippen molar-refractivity contribution in [2.24, 2.45) is 0 Å². The van der Waals surface area contributed by atoms with Crippen LogP contribution in [0.5, 0.6) is 11.5 Å². The number of benzene rings is 2. The molecule has 3 heterocycles. The lowest BCUT2D eigenvalue weighted by molar-refractivity contribution is -0.116. The maximum absolute atomic E-state index is 13.4. The molecule has 1 aliphatic heterocycles. The van der Waals surface area contributed by atoms with Crippen molar-refractivity contribution in [2.75, 3.05) is 12.1 Å². The van der Waals surface area contributed by atoms with Crippen LogP contribution in [0.3, 0.4) is 0 Å². The molecule has 34 heavy (non-hydrogen) atoms. The summed E-state index contributed by atoms with van der Waals surface area (Å²) in [5.74, 6) is 0.781. The Morgan fingerprint density at radius 3 is 2.71 bits per heavy atom. The van der Waals surface area contributed by atoms with Gasteiger partial charge in [-0.05, 0) is 60.9 Å². The number of nitrogens with zero attached hydrogens (tertiary/aromatic N) is 3. The summed E-state index contributed by atoms with van der Waals surface area (Å²) in [7, 11) is 0. The first-order valence-corrected chi connectivity index (χ1v) is 10.7. The molecule has 0 unspecified atom stereocenters. The average Bonchev–Trinajstić information content (AvgIpc) is 3.30. The molecule has 0 radical (unpaired) electrons. The van der Waals surface area contributed by atoms with Gasteiger partial charge in [0.05, 0.1) is 12.1 Å². The second kappa shape index (κ2) is 8.51. The fourth-order valence-electron chi connectivity index (χ4n) is 3.96. The third-order valence-corrected chi connectivity index (χ3v) is 5.73. The van der Waals surface area contributed by atoms with E-state index in [1.165, 1.54) is 10.8 Å². The molecule has 2 aromatic heterocycles. The second-order valence-corrected chi connectivity index (χ2v) is 8.19. The van der Waals surface area contributed by atoms with Crippen LogP contribution in [-0.2, 0) is 17.9 Å². The van der Waals surface area contributed by atoms with Crippen LogP contribution in [0.15, 0.2) is 64.3 Å². The highest BCUT2D eigenvalue weighted by molar-refractivity contribution is 5.92. The van der Waals surface area contributed by atoms with Crippen LogP contribution in [0, 0.1) is 13.8 Å². The Balaban J connectivity index is 1.54. The number of aromatic nitrogens is 3. The topological polar surface area (TPSA) is 104 Å². The standard InChI is InChI=1S/C25H22N4O5/c1-15-5-6-16(2)18(10-15)27-22(30)13-28-19-4-3-9-26-23(19)24(31)29(25(28)32)12-17-7-8-20-21(11-17)34-14-33-20/h3-11H,12-14H2,1-2H3,(H,27,30). The van der Waals surface area contributed by atoms with Crippen molar-refractivity contribution in [3.8, 4) is 11.5 Å². The maximum Gasteiger partial charge on any atom is 0.332 e. The minimum absolute atomic E-state index is 0.000567. The summed E-state index contributed by atoms with van der Waals surface area (Å²) < 4.78 is 13.1. The van der Waals surface area contributed by atoms with Gasteiger partial charge in [0.2, 0.25) is 12.7 Å². The van der Waals surface area contributed by atoms with E-state index in [9.17, 15) is 14.4 Å². The van der Waals surface area contributed by atoms with E-state index >= 15 is 0 Å². The largest absolute Gasteiger partial charge is 0.454 e. The molecule has 0 bridgehead atoms. The number of rotatable bonds is 5. The van der Waals surface area contributed by atoms with E-state index in [2.05, 4.69) is 10.3 Å². The molecule has 0 atom stereocenters. The third kappa shape index (κ3) is 3.92. The number of ether oxygens (including phenoxy) is 2. The van der Waals surface area contributed by atoms with Crippen LogP contribution in [0.1, 0.15) is 16.7 Å². The first-order chi connectivity index (χ1) is 16.4. The van der Waals surface area contributed by atoms with Crippen LogP contribution in [0.4, 0.5) is 5.69 Å². The predicted octanol–water partition coefficient (Wildman–Crippen LogP) is 2.59. The Morgan fingerprint density at radius 1 is 1.03 bits per heavy atom. The molecular weight excluding hydrogens is 436 g/mol. The summed E-state index contributed by atoms with van der Waals surface area (Å²) in [6, 6.07) is 14.2. The molecule has 0 aliphatic carbocycles. The van der Waals surface area contributed by atoms with Gasteiger partial charge in [-0.1, -0.05) is 18.2 Å². The van der Waals surface area contributed by atoms with E-state index < -0.39 is 11.2 Å². The van der Waals surface area contributed by atoms with Crippen molar-refractivity contribution in [3.63, 3.8) is 0 Å². The van der Waals surface area contributed by atoms with Crippen molar-refractivity contribution in [2.45, 2.75) is 26.9 Å². The number of anilines is 1. The van der Waals surface area contributed by atoms with Gasteiger partial charge in [0.25, 0.3) is 5.56 Å².